The summed E-state index contributed by atoms with van der Waals surface area (Å²) in [6.07, 6.45) is -4.22. The molecule has 1 aromatic carbocycles. The van der Waals surface area contributed by atoms with E-state index in [2.05, 4.69) is 20.8 Å². The van der Waals surface area contributed by atoms with Crippen LogP contribution in [0.25, 0.3) is 0 Å². The van der Waals surface area contributed by atoms with E-state index in [0.717, 1.165) is 23.2 Å². The highest BCUT2D eigenvalue weighted by Crippen LogP contribution is 2.31. The Morgan fingerprint density at radius 2 is 1.95 bits per heavy atom. The van der Waals surface area contributed by atoms with Crippen molar-refractivity contribution < 1.29 is 17.9 Å². The van der Waals surface area contributed by atoms with Gasteiger partial charge in [0.1, 0.15) is 0 Å². The van der Waals surface area contributed by atoms with Crippen molar-refractivity contribution in [2.75, 3.05) is 23.4 Å². The molecule has 0 aliphatic carbocycles. The Morgan fingerprint density at radius 1 is 1.32 bits per heavy atom. The Morgan fingerprint density at radius 3 is 2.47 bits per heavy atom. The second-order valence-electron chi connectivity index (χ2n) is 4.66. The van der Waals surface area contributed by atoms with Gasteiger partial charge in [0.25, 0.3) is 0 Å². The smallest absolute Gasteiger partial charge is 0.373 e. The standard InChI is InChI=1S/C13H15BrF3NO/c1-9-8-19-12(6-14)7-18(9)11-4-2-10(3-5-11)13(15,16)17/h2-5,9,12H,6-8H2,1H3. The molecule has 1 aliphatic heterocycles. The van der Waals surface area contributed by atoms with Crippen molar-refractivity contribution in [2.45, 2.75) is 25.2 Å². The second kappa shape index (κ2) is 5.71. The van der Waals surface area contributed by atoms with Crippen LogP contribution in [0.1, 0.15) is 12.5 Å². The lowest BCUT2D eigenvalue weighted by Crippen LogP contribution is -2.49. The summed E-state index contributed by atoms with van der Waals surface area (Å²) in [5.41, 5.74) is 0.184. The van der Waals surface area contributed by atoms with Gasteiger partial charge in [0.2, 0.25) is 0 Å². The molecule has 0 saturated carbocycles. The number of ether oxygens (including phenoxy) is 1. The summed E-state index contributed by atoms with van der Waals surface area (Å²) < 4.78 is 43.1. The highest BCUT2D eigenvalue weighted by molar-refractivity contribution is 9.09. The first kappa shape index (κ1) is 14.7. The molecule has 1 fully saturated rings. The minimum atomic E-state index is -4.28. The summed E-state index contributed by atoms with van der Waals surface area (Å²) in [5, 5.41) is 0.719. The van der Waals surface area contributed by atoms with Gasteiger partial charge in [0, 0.05) is 23.6 Å². The average Bonchev–Trinajstić information content (AvgIpc) is 2.38. The van der Waals surface area contributed by atoms with Crippen molar-refractivity contribution in [3.05, 3.63) is 29.8 Å². The number of hydrogen-bond acceptors (Lipinski definition) is 2. The van der Waals surface area contributed by atoms with Crippen LogP contribution in [-0.4, -0.2) is 30.6 Å². The van der Waals surface area contributed by atoms with Crippen molar-refractivity contribution in [1.82, 2.24) is 0 Å². The Hall–Kier alpha value is -0.750. The zero-order valence-electron chi connectivity index (χ0n) is 10.5. The third kappa shape index (κ3) is 3.42. The molecule has 2 atom stereocenters. The Balaban J connectivity index is 2.16. The number of alkyl halides is 4. The van der Waals surface area contributed by atoms with Gasteiger partial charge in [0.05, 0.1) is 18.3 Å². The molecule has 19 heavy (non-hydrogen) atoms. The molecular weight excluding hydrogens is 323 g/mol. The van der Waals surface area contributed by atoms with Crippen LogP contribution in [0.2, 0.25) is 0 Å². The Kier molecular flexibility index (Phi) is 4.40. The van der Waals surface area contributed by atoms with Crippen LogP contribution in [0.3, 0.4) is 0 Å². The van der Waals surface area contributed by atoms with Crippen molar-refractivity contribution in [1.29, 1.82) is 0 Å². The molecule has 1 aliphatic rings. The number of rotatable bonds is 2. The molecule has 0 spiro atoms. The number of morpholine rings is 1. The maximum Gasteiger partial charge on any atom is 0.416 e. The van der Waals surface area contributed by atoms with E-state index < -0.39 is 11.7 Å². The summed E-state index contributed by atoms with van der Waals surface area (Å²) in [6.45, 7) is 3.26. The van der Waals surface area contributed by atoms with Gasteiger partial charge in [-0.25, -0.2) is 0 Å². The van der Waals surface area contributed by atoms with Crippen molar-refractivity contribution in [2.24, 2.45) is 0 Å². The topological polar surface area (TPSA) is 12.5 Å². The van der Waals surface area contributed by atoms with Crippen molar-refractivity contribution in [3.63, 3.8) is 0 Å². The van der Waals surface area contributed by atoms with Gasteiger partial charge in [0.15, 0.2) is 0 Å². The van der Waals surface area contributed by atoms with Gasteiger partial charge in [-0.05, 0) is 31.2 Å². The normalized spacial score (nSPS) is 24.6. The van der Waals surface area contributed by atoms with E-state index in [1.54, 1.807) is 0 Å². The first-order valence-corrected chi connectivity index (χ1v) is 7.15. The van der Waals surface area contributed by atoms with E-state index in [1.165, 1.54) is 12.1 Å². The summed E-state index contributed by atoms with van der Waals surface area (Å²) >= 11 is 3.37. The molecule has 106 valence electrons. The van der Waals surface area contributed by atoms with E-state index in [9.17, 15) is 13.2 Å². The molecule has 2 rings (SSSR count). The van der Waals surface area contributed by atoms with Crippen LogP contribution in [0.15, 0.2) is 24.3 Å². The summed E-state index contributed by atoms with van der Waals surface area (Å²) in [4.78, 5) is 2.08. The largest absolute Gasteiger partial charge is 0.416 e. The molecule has 0 radical (unpaired) electrons. The van der Waals surface area contributed by atoms with Crippen LogP contribution in [0.5, 0.6) is 0 Å². The van der Waals surface area contributed by atoms with E-state index in [4.69, 9.17) is 4.74 Å². The molecular formula is C13H15BrF3NO. The molecule has 1 heterocycles. The summed E-state index contributed by atoms with van der Waals surface area (Å²) in [6, 6.07) is 5.46. The highest BCUT2D eigenvalue weighted by Gasteiger charge is 2.31. The van der Waals surface area contributed by atoms with E-state index in [-0.39, 0.29) is 12.1 Å². The number of nitrogens with zero attached hydrogens (tertiary/aromatic N) is 1. The predicted octanol–water partition coefficient (Wildman–Crippen LogP) is 3.69. The van der Waals surface area contributed by atoms with Crippen LogP contribution >= 0.6 is 15.9 Å². The van der Waals surface area contributed by atoms with E-state index in [0.29, 0.717) is 13.2 Å². The van der Waals surface area contributed by atoms with Crippen LogP contribution in [0, 0.1) is 0 Å². The molecule has 1 saturated heterocycles. The number of benzene rings is 1. The molecule has 0 aromatic heterocycles. The molecule has 2 nitrogen and oxygen atoms in total. The van der Waals surface area contributed by atoms with Crippen molar-refractivity contribution in [3.8, 4) is 0 Å². The zero-order chi connectivity index (χ0) is 14.0. The van der Waals surface area contributed by atoms with Gasteiger partial charge in [-0.3, -0.25) is 0 Å². The van der Waals surface area contributed by atoms with Gasteiger partial charge >= 0.3 is 6.18 Å². The summed E-state index contributed by atoms with van der Waals surface area (Å²) in [5.74, 6) is 0. The molecule has 0 N–H and O–H groups in total. The predicted molar refractivity (Wildman–Crippen MR) is 71.8 cm³/mol. The maximum absolute atomic E-state index is 12.5. The van der Waals surface area contributed by atoms with Gasteiger partial charge < -0.3 is 9.64 Å². The lowest BCUT2D eigenvalue weighted by molar-refractivity contribution is -0.137. The SMILES string of the molecule is CC1COC(CBr)CN1c1ccc(C(F)(F)F)cc1. The Labute approximate surface area is 118 Å². The molecule has 2 unspecified atom stereocenters. The fraction of sp³-hybridized carbons (Fsp3) is 0.538. The van der Waals surface area contributed by atoms with Gasteiger partial charge in [-0.2, -0.15) is 13.2 Å². The minimum Gasteiger partial charge on any atom is -0.373 e. The van der Waals surface area contributed by atoms with Gasteiger partial charge in [-0.1, -0.05) is 15.9 Å². The average molecular weight is 338 g/mol. The number of anilines is 1. The lowest BCUT2D eigenvalue weighted by atomic mass is 10.1. The quantitative estimate of drug-likeness (QED) is 0.763. The zero-order valence-corrected chi connectivity index (χ0v) is 12.0. The third-order valence-corrected chi connectivity index (χ3v) is 3.93. The summed E-state index contributed by atoms with van der Waals surface area (Å²) in [7, 11) is 0. The highest BCUT2D eigenvalue weighted by atomic mass is 79.9. The van der Waals surface area contributed by atoms with Crippen LogP contribution in [0.4, 0.5) is 18.9 Å². The van der Waals surface area contributed by atoms with Crippen LogP contribution < -0.4 is 4.90 Å². The lowest BCUT2D eigenvalue weighted by Gasteiger charge is -2.39. The number of hydrogen-bond donors (Lipinski definition) is 0. The van der Waals surface area contributed by atoms with Crippen molar-refractivity contribution >= 4 is 21.6 Å². The molecule has 1 aromatic rings. The first-order chi connectivity index (χ1) is 8.91. The molecule has 0 bridgehead atoms. The maximum atomic E-state index is 12.5. The van der Waals surface area contributed by atoms with Crippen LogP contribution in [-0.2, 0) is 10.9 Å². The fourth-order valence-corrected chi connectivity index (χ4v) is 2.50. The van der Waals surface area contributed by atoms with Gasteiger partial charge in [-0.15, -0.1) is 0 Å². The minimum absolute atomic E-state index is 0.0680. The second-order valence-corrected chi connectivity index (χ2v) is 5.30. The van der Waals surface area contributed by atoms with E-state index >= 15 is 0 Å². The first-order valence-electron chi connectivity index (χ1n) is 6.03. The van der Waals surface area contributed by atoms with E-state index in [1.807, 2.05) is 6.92 Å². The molecule has 6 heteroatoms. The molecule has 0 amide bonds. The third-order valence-electron chi connectivity index (χ3n) is 3.20. The number of halogens is 4. The Bertz CT molecular complexity index is 421. The fourth-order valence-electron chi connectivity index (χ4n) is 2.11. The monoisotopic (exact) mass is 337 g/mol.